The molecule has 0 fully saturated rings. The quantitative estimate of drug-likeness (QED) is 0.705. The van der Waals surface area contributed by atoms with Crippen LogP contribution in [0.5, 0.6) is 0 Å². The lowest BCUT2D eigenvalue weighted by Gasteiger charge is -2.21. The van der Waals surface area contributed by atoms with E-state index in [1.165, 1.54) is 0 Å². The molecule has 0 saturated heterocycles. The van der Waals surface area contributed by atoms with E-state index in [4.69, 9.17) is 19.5 Å². The van der Waals surface area contributed by atoms with Crippen LogP contribution in [0, 0.1) is 0 Å². The number of nitrogens with zero attached hydrogens (tertiary/aromatic N) is 2. The van der Waals surface area contributed by atoms with Gasteiger partial charge in [-0.05, 0) is 30.7 Å². The summed E-state index contributed by atoms with van der Waals surface area (Å²) in [7, 11) is 0. The summed E-state index contributed by atoms with van der Waals surface area (Å²) < 4.78 is 5.99. The normalized spacial score (nSPS) is 16.9. The average molecular weight is 362 g/mol. The van der Waals surface area contributed by atoms with Gasteiger partial charge in [0.25, 0.3) is 0 Å². The molecule has 2 aromatic heterocycles. The molecule has 5 heteroatoms. The first kappa shape index (κ1) is 17.5. The Morgan fingerprint density at radius 2 is 1.59 bits per heavy atom. The monoisotopic (exact) mass is 362 g/mol. The Morgan fingerprint density at radius 1 is 0.963 bits per heavy atom. The van der Waals surface area contributed by atoms with Crippen LogP contribution in [0.4, 0.5) is 0 Å². The van der Waals surface area contributed by atoms with Gasteiger partial charge in [0.15, 0.2) is 5.76 Å². The van der Waals surface area contributed by atoms with Gasteiger partial charge >= 0.3 is 5.97 Å². The van der Waals surface area contributed by atoms with Gasteiger partial charge < -0.3 is 9.52 Å². The van der Waals surface area contributed by atoms with E-state index in [9.17, 15) is 4.79 Å². The van der Waals surface area contributed by atoms with Gasteiger partial charge in [0.1, 0.15) is 11.5 Å². The van der Waals surface area contributed by atoms with Crippen molar-refractivity contribution in [3.8, 4) is 22.8 Å². The smallest absolute Gasteiger partial charge is 0.335 e. The molecule has 0 amide bonds. The van der Waals surface area contributed by atoms with Gasteiger partial charge in [-0.25, -0.2) is 9.78 Å². The molecule has 0 radical (unpaired) electrons. The van der Waals surface area contributed by atoms with Gasteiger partial charge in [-0.15, -0.1) is 0 Å². The maximum atomic E-state index is 11.0. The van der Waals surface area contributed by atoms with Crippen molar-refractivity contribution in [1.29, 1.82) is 0 Å². The summed E-state index contributed by atoms with van der Waals surface area (Å²) in [4.78, 5) is 20.6. The van der Waals surface area contributed by atoms with E-state index in [1.54, 1.807) is 30.5 Å². The van der Waals surface area contributed by atoms with Gasteiger partial charge in [-0.1, -0.05) is 39.8 Å². The third-order valence-electron chi connectivity index (χ3n) is 5.21. The number of carbonyl (C=O) groups is 1. The van der Waals surface area contributed by atoms with E-state index in [0.717, 1.165) is 23.4 Å². The standard InChI is InChI=1S/C22H22N2O3/c1-21(2)12-22(3,4)19-18(21)23-11-15(24-19)17-10-9-16(27-17)13-5-7-14(8-6-13)20(25)26/h5-11H,12H2,1-4H3,(H,25,26). The molecule has 0 atom stereocenters. The zero-order chi connectivity index (χ0) is 19.4. The molecule has 1 aliphatic carbocycles. The lowest BCUT2D eigenvalue weighted by atomic mass is 9.83. The fourth-order valence-electron chi connectivity index (χ4n) is 4.16. The highest BCUT2D eigenvalue weighted by atomic mass is 16.4. The van der Waals surface area contributed by atoms with Crippen LogP contribution in [-0.4, -0.2) is 21.0 Å². The number of fused-ring (bicyclic) bond motifs is 1. The van der Waals surface area contributed by atoms with Crippen LogP contribution in [0.15, 0.2) is 47.0 Å². The minimum Gasteiger partial charge on any atom is -0.478 e. The largest absolute Gasteiger partial charge is 0.478 e. The van der Waals surface area contributed by atoms with Crippen molar-refractivity contribution in [3.05, 3.63) is 59.5 Å². The molecule has 2 heterocycles. The van der Waals surface area contributed by atoms with Crippen LogP contribution < -0.4 is 0 Å². The van der Waals surface area contributed by atoms with Crippen LogP contribution >= 0.6 is 0 Å². The second-order valence-electron chi connectivity index (χ2n) is 8.44. The van der Waals surface area contributed by atoms with E-state index in [2.05, 4.69) is 27.7 Å². The number of aromatic carboxylic acids is 1. The molecule has 0 aliphatic heterocycles. The number of rotatable bonds is 3. The van der Waals surface area contributed by atoms with Crippen LogP contribution in [0.1, 0.15) is 55.9 Å². The van der Waals surface area contributed by atoms with Gasteiger partial charge in [-0.2, -0.15) is 0 Å². The Kier molecular flexibility index (Phi) is 3.74. The molecule has 1 aromatic carbocycles. The number of carboxylic acid groups (broad SMARTS) is 1. The molecular formula is C22H22N2O3. The Labute approximate surface area is 158 Å². The van der Waals surface area contributed by atoms with Gasteiger partial charge in [-0.3, -0.25) is 4.98 Å². The van der Waals surface area contributed by atoms with Crippen molar-refractivity contribution >= 4 is 5.97 Å². The molecule has 138 valence electrons. The highest BCUT2D eigenvalue weighted by molar-refractivity contribution is 5.88. The van der Waals surface area contributed by atoms with E-state index in [1.807, 2.05) is 12.1 Å². The summed E-state index contributed by atoms with van der Waals surface area (Å²) in [6.07, 6.45) is 2.79. The highest BCUT2D eigenvalue weighted by Crippen LogP contribution is 2.47. The maximum Gasteiger partial charge on any atom is 0.335 e. The van der Waals surface area contributed by atoms with E-state index >= 15 is 0 Å². The summed E-state index contributed by atoms with van der Waals surface area (Å²) in [6.45, 7) is 8.83. The van der Waals surface area contributed by atoms with Crippen LogP contribution in [0.3, 0.4) is 0 Å². The molecule has 5 nitrogen and oxygen atoms in total. The molecule has 3 aromatic rings. The number of hydrogen-bond acceptors (Lipinski definition) is 4. The van der Waals surface area contributed by atoms with Crippen molar-refractivity contribution in [3.63, 3.8) is 0 Å². The van der Waals surface area contributed by atoms with Crippen molar-refractivity contribution in [2.45, 2.75) is 44.9 Å². The molecule has 4 rings (SSSR count). The number of aromatic nitrogens is 2. The highest BCUT2D eigenvalue weighted by Gasteiger charge is 2.44. The molecule has 1 N–H and O–H groups in total. The number of carboxylic acids is 1. The fourth-order valence-corrected chi connectivity index (χ4v) is 4.16. The summed E-state index contributed by atoms with van der Waals surface area (Å²) in [5, 5.41) is 9.02. The topological polar surface area (TPSA) is 76.2 Å². The van der Waals surface area contributed by atoms with E-state index in [-0.39, 0.29) is 16.4 Å². The molecule has 27 heavy (non-hydrogen) atoms. The molecule has 0 spiro atoms. The summed E-state index contributed by atoms with van der Waals surface area (Å²) in [5.74, 6) is 0.382. The Balaban J connectivity index is 1.69. The first-order valence-corrected chi connectivity index (χ1v) is 8.99. The molecular weight excluding hydrogens is 340 g/mol. The van der Waals surface area contributed by atoms with Gasteiger partial charge in [0.05, 0.1) is 23.1 Å². The minimum atomic E-state index is -0.944. The van der Waals surface area contributed by atoms with Crippen molar-refractivity contribution in [2.75, 3.05) is 0 Å². The lowest BCUT2D eigenvalue weighted by molar-refractivity contribution is 0.0697. The Hall–Kier alpha value is -2.95. The molecule has 1 aliphatic rings. The SMILES string of the molecule is CC1(C)CC(C)(C)c2nc(-c3ccc(-c4ccc(C(=O)O)cc4)o3)cnc21. The van der Waals surface area contributed by atoms with Crippen molar-refractivity contribution in [2.24, 2.45) is 0 Å². The predicted molar refractivity (Wildman–Crippen MR) is 103 cm³/mol. The molecule has 0 unspecified atom stereocenters. The third kappa shape index (κ3) is 2.93. The Morgan fingerprint density at radius 3 is 2.26 bits per heavy atom. The van der Waals surface area contributed by atoms with Gasteiger partial charge in [0, 0.05) is 16.4 Å². The zero-order valence-electron chi connectivity index (χ0n) is 15.9. The zero-order valence-corrected chi connectivity index (χ0v) is 15.9. The second kappa shape index (κ2) is 5.78. The summed E-state index contributed by atoms with van der Waals surface area (Å²) >= 11 is 0. The fraction of sp³-hybridized carbons (Fsp3) is 0.318. The number of furan rings is 1. The Bertz CT molecular complexity index is 1030. The minimum absolute atomic E-state index is 0.0184. The molecule has 0 bridgehead atoms. The predicted octanol–water partition coefficient (Wildman–Crippen LogP) is 5.06. The number of benzene rings is 1. The van der Waals surface area contributed by atoms with Crippen molar-refractivity contribution < 1.29 is 14.3 Å². The first-order chi connectivity index (χ1) is 12.7. The second-order valence-corrected chi connectivity index (χ2v) is 8.44. The average Bonchev–Trinajstić information content (AvgIpc) is 3.16. The number of hydrogen-bond donors (Lipinski definition) is 1. The van der Waals surface area contributed by atoms with Crippen LogP contribution in [0.2, 0.25) is 0 Å². The lowest BCUT2D eigenvalue weighted by Crippen LogP contribution is -2.18. The summed E-state index contributed by atoms with van der Waals surface area (Å²) in [5.41, 5.74) is 3.88. The third-order valence-corrected chi connectivity index (χ3v) is 5.21. The van der Waals surface area contributed by atoms with E-state index < -0.39 is 5.97 Å². The van der Waals surface area contributed by atoms with E-state index in [0.29, 0.717) is 17.2 Å². The van der Waals surface area contributed by atoms with Crippen molar-refractivity contribution in [1.82, 2.24) is 9.97 Å². The van der Waals surface area contributed by atoms with Crippen LogP contribution in [-0.2, 0) is 10.8 Å². The van der Waals surface area contributed by atoms with Gasteiger partial charge in [0.2, 0.25) is 0 Å². The first-order valence-electron chi connectivity index (χ1n) is 8.99. The molecule has 0 saturated carbocycles. The summed E-state index contributed by atoms with van der Waals surface area (Å²) in [6, 6.07) is 10.4. The maximum absolute atomic E-state index is 11.0. The van der Waals surface area contributed by atoms with Crippen LogP contribution in [0.25, 0.3) is 22.8 Å².